The molecule has 56 heavy (non-hydrogen) atoms. The number of fused-ring (bicyclic) bond motifs is 10. The van der Waals surface area contributed by atoms with Crippen LogP contribution in [-0.2, 0) is 5.41 Å². The zero-order valence-electron chi connectivity index (χ0n) is 30.8. The highest BCUT2D eigenvalue weighted by Gasteiger charge is 2.36. The number of aromatic nitrogens is 3. The van der Waals surface area contributed by atoms with E-state index < -0.39 is 0 Å². The van der Waals surface area contributed by atoms with E-state index in [4.69, 9.17) is 9.40 Å². The lowest BCUT2D eigenvalue weighted by atomic mass is 9.82. The molecular formula is C52H33N3O. The van der Waals surface area contributed by atoms with E-state index in [2.05, 4.69) is 187 Å². The van der Waals surface area contributed by atoms with Gasteiger partial charge in [0, 0.05) is 43.8 Å². The van der Waals surface area contributed by atoms with E-state index in [1.54, 1.807) is 0 Å². The molecule has 0 unspecified atom stereocenters. The molecule has 0 radical (unpaired) electrons. The lowest BCUT2D eigenvalue weighted by Gasteiger charge is -2.21. The summed E-state index contributed by atoms with van der Waals surface area (Å²) in [5.41, 5.74) is 16.3. The fourth-order valence-corrected chi connectivity index (χ4v) is 9.37. The van der Waals surface area contributed by atoms with Crippen molar-refractivity contribution in [1.82, 2.24) is 14.1 Å². The Morgan fingerprint density at radius 2 is 1.23 bits per heavy atom. The van der Waals surface area contributed by atoms with Crippen LogP contribution in [0.1, 0.15) is 25.0 Å². The van der Waals surface area contributed by atoms with Crippen molar-refractivity contribution in [3.05, 3.63) is 187 Å². The number of rotatable bonds is 4. The smallest absolute Gasteiger partial charge is 0.159 e. The molecule has 0 spiro atoms. The van der Waals surface area contributed by atoms with Gasteiger partial charge in [0.15, 0.2) is 11.4 Å². The molecule has 1 aliphatic rings. The molecule has 11 aromatic rings. The maximum absolute atomic E-state index is 6.88. The second-order valence-electron chi connectivity index (χ2n) is 15.4. The molecule has 0 atom stereocenters. The number of hydrogen-bond acceptors (Lipinski definition) is 2. The third-order valence-electron chi connectivity index (χ3n) is 12.0. The molecule has 0 saturated carbocycles. The molecule has 8 aromatic carbocycles. The van der Waals surface area contributed by atoms with Gasteiger partial charge in [-0.15, -0.1) is 0 Å². The first-order chi connectivity index (χ1) is 27.5. The second kappa shape index (κ2) is 11.3. The molecule has 3 aromatic heterocycles. The first-order valence-corrected chi connectivity index (χ1v) is 19.1. The standard InChI is InChI=1S/C52H33N3O/c1-52(2)41-20-8-6-16-36(41)39-30-40-37-17-7-10-22-44(37)55(47(40)31-42(39)52)46-24-12-19-38-49-35(18-13-25-48(49)56-50(38)46)32-26-28-33(29-27-32)51-53-43-21-9-11-23-45(43)54(51)34-14-4-3-5-15-34/h3-26,28,30-31H,1-2H3. The van der Waals surface area contributed by atoms with Gasteiger partial charge in [-0.05, 0) is 89.0 Å². The minimum absolute atomic E-state index is 0.112. The van der Waals surface area contributed by atoms with Crippen LogP contribution in [0.5, 0.6) is 0 Å². The van der Waals surface area contributed by atoms with Crippen LogP contribution in [0.4, 0.5) is 0 Å². The molecule has 0 amide bonds. The Kier molecular flexibility index (Phi) is 6.28. The van der Waals surface area contributed by atoms with Crippen molar-refractivity contribution in [3.8, 4) is 45.0 Å². The summed E-state index contributed by atoms with van der Waals surface area (Å²) in [6.07, 6.45) is 0. The number of nitrogens with zero attached hydrogens (tertiary/aromatic N) is 3. The number of imidazole rings is 1. The van der Waals surface area contributed by atoms with Crippen LogP contribution in [0.2, 0.25) is 0 Å². The van der Waals surface area contributed by atoms with Gasteiger partial charge in [-0.1, -0.05) is 123 Å². The quantitative estimate of drug-likeness (QED) is 0.182. The molecule has 0 saturated heterocycles. The average molecular weight is 716 g/mol. The number of furan rings is 1. The van der Waals surface area contributed by atoms with E-state index in [0.717, 1.165) is 72.4 Å². The summed E-state index contributed by atoms with van der Waals surface area (Å²) in [4.78, 5) is 5.05. The van der Waals surface area contributed by atoms with E-state index in [0.29, 0.717) is 0 Å². The predicted molar refractivity (Wildman–Crippen MR) is 229 cm³/mol. The Morgan fingerprint density at radius 3 is 2.11 bits per heavy atom. The maximum Gasteiger partial charge on any atom is 0.159 e. The Morgan fingerprint density at radius 1 is 0.518 bits per heavy atom. The summed E-state index contributed by atoms with van der Waals surface area (Å²) < 4.78 is 11.5. The molecule has 12 rings (SSSR count). The minimum atomic E-state index is -0.112. The third-order valence-corrected chi connectivity index (χ3v) is 12.0. The van der Waals surface area contributed by atoms with Crippen molar-refractivity contribution >= 4 is 54.8 Å². The predicted octanol–water partition coefficient (Wildman–Crippen LogP) is 13.3. The molecule has 262 valence electrons. The molecule has 0 aliphatic heterocycles. The molecule has 4 heteroatoms. The number of hydrogen-bond donors (Lipinski definition) is 0. The van der Waals surface area contributed by atoms with Gasteiger partial charge in [0.2, 0.25) is 0 Å². The van der Waals surface area contributed by atoms with Crippen LogP contribution >= 0.6 is 0 Å². The largest absolute Gasteiger partial charge is 0.454 e. The first kappa shape index (κ1) is 31.0. The van der Waals surface area contributed by atoms with Crippen molar-refractivity contribution in [2.45, 2.75) is 19.3 Å². The summed E-state index contributed by atoms with van der Waals surface area (Å²) in [5, 5.41) is 4.60. The van der Waals surface area contributed by atoms with E-state index in [9.17, 15) is 0 Å². The number of benzene rings is 7. The fraction of sp³-hybridized carbons (Fsp3) is 0.0577. The molecule has 4 nitrogen and oxygen atoms in total. The van der Waals surface area contributed by atoms with Crippen molar-refractivity contribution in [2.75, 3.05) is 0 Å². The van der Waals surface area contributed by atoms with Crippen LogP contribution in [-0.4, -0.2) is 14.1 Å². The maximum atomic E-state index is 6.88. The molecule has 0 bridgehead atoms. The summed E-state index contributed by atoms with van der Waals surface area (Å²) in [6.45, 7) is 4.69. The van der Waals surface area contributed by atoms with Crippen molar-refractivity contribution < 1.29 is 4.42 Å². The van der Waals surface area contributed by atoms with E-state index >= 15 is 0 Å². The molecule has 0 N–H and O–H groups in total. The molecular weight excluding hydrogens is 683 g/mol. The summed E-state index contributed by atoms with van der Waals surface area (Å²) in [6, 6.07) is 65.2. The summed E-state index contributed by atoms with van der Waals surface area (Å²) >= 11 is 0. The van der Waals surface area contributed by atoms with Gasteiger partial charge in [-0.3, -0.25) is 4.57 Å². The van der Waals surface area contributed by atoms with Crippen molar-refractivity contribution in [3.63, 3.8) is 0 Å². The van der Waals surface area contributed by atoms with E-state index in [-0.39, 0.29) is 5.41 Å². The third kappa shape index (κ3) is 4.23. The average Bonchev–Trinajstić information content (AvgIpc) is 3.98. The van der Waals surface area contributed by atoms with Crippen LogP contribution in [0.3, 0.4) is 0 Å². The highest BCUT2D eigenvalue weighted by Crippen LogP contribution is 2.51. The van der Waals surface area contributed by atoms with Crippen molar-refractivity contribution in [2.24, 2.45) is 0 Å². The van der Waals surface area contributed by atoms with Crippen LogP contribution in [0.25, 0.3) is 99.8 Å². The fourth-order valence-electron chi connectivity index (χ4n) is 9.37. The Hall–Kier alpha value is -7.35. The summed E-state index contributed by atoms with van der Waals surface area (Å²) in [7, 11) is 0. The highest BCUT2D eigenvalue weighted by molar-refractivity contribution is 6.16. The topological polar surface area (TPSA) is 35.9 Å². The monoisotopic (exact) mass is 715 g/mol. The Balaban J connectivity index is 1.03. The van der Waals surface area contributed by atoms with Gasteiger partial charge in [-0.25, -0.2) is 4.98 Å². The zero-order valence-corrected chi connectivity index (χ0v) is 30.8. The Labute approximate surface area is 323 Å². The SMILES string of the molecule is CC1(C)c2ccccc2-c2cc3c4ccccc4n(-c4cccc5c4oc4cccc(-c6c#cc(-c7nc8ccccc8n7-c7ccccc7)cc6)c45)c3cc21. The first-order valence-electron chi connectivity index (χ1n) is 19.1. The van der Waals surface area contributed by atoms with Crippen LogP contribution in [0, 0.1) is 12.1 Å². The van der Waals surface area contributed by atoms with Crippen molar-refractivity contribution in [1.29, 1.82) is 0 Å². The number of para-hydroxylation sites is 5. The molecule has 1 aliphatic carbocycles. The lowest BCUT2D eigenvalue weighted by molar-refractivity contribution is 0.660. The van der Waals surface area contributed by atoms with E-state index in [1.807, 2.05) is 12.1 Å². The Bertz CT molecular complexity index is 3380. The minimum Gasteiger partial charge on any atom is -0.454 e. The highest BCUT2D eigenvalue weighted by atomic mass is 16.3. The van der Waals surface area contributed by atoms with Crippen LogP contribution < -0.4 is 0 Å². The van der Waals surface area contributed by atoms with E-state index in [1.165, 1.54) is 38.5 Å². The zero-order chi connectivity index (χ0) is 37.1. The summed E-state index contributed by atoms with van der Waals surface area (Å²) in [5.74, 6) is 0.834. The van der Waals surface area contributed by atoms with Gasteiger partial charge in [0.1, 0.15) is 5.58 Å². The molecule has 3 heterocycles. The van der Waals surface area contributed by atoms with Gasteiger partial charge in [0.05, 0.1) is 33.3 Å². The van der Waals surface area contributed by atoms with Gasteiger partial charge in [0.25, 0.3) is 0 Å². The van der Waals surface area contributed by atoms with Gasteiger partial charge >= 0.3 is 0 Å². The lowest BCUT2D eigenvalue weighted by Crippen LogP contribution is -2.14. The normalized spacial score (nSPS) is 13.2. The van der Waals surface area contributed by atoms with Crippen LogP contribution in [0.15, 0.2) is 168 Å². The molecule has 0 fully saturated rings. The van der Waals surface area contributed by atoms with Gasteiger partial charge in [-0.2, -0.15) is 0 Å². The van der Waals surface area contributed by atoms with Gasteiger partial charge < -0.3 is 8.98 Å². The second-order valence-corrected chi connectivity index (χ2v) is 15.4.